The van der Waals surface area contributed by atoms with Crippen molar-refractivity contribution in [3.8, 4) is 5.75 Å². The molecule has 0 aromatic heterocycles. The molecule has 0 aliphatic carbocycles. The van der Waals surface area contributed by atoms with Gasteiger partial charge >= 0.3 is 0 Å². The fourth-order valence-corrected chi connectivity index (χ4v) is 4.21. The van der Waals surface area contributed by atoms with Gasteiger partial charge in [0.15, 0.2) is 15.9 Å². The fourth-order valence-electron chi connectivity index (χ4n) is 2.88. The number of carbonyl (C=O) groups excluding carboxylic acids is 1. The maximum absolute atomic E-state index is 13.0. The number of hydrogen-bond acceptors (Lipinski definition) is 4. The molecule has 144 valence electrons. The van der Waals surface area contributed by atoms with Crippen LogP contribution in [0.3, 0.4) is 0 Å². The molecule has 0 amide bonds. The first kappa shape index (κ1) is 19.8. The van der Waals surface area contributed by atoms with Gasteiger partial charge in [-0.25, -0.2) is 8.42 Å². The lowest BCUT2D eigenvalue weighted by Crippen LogP contribution is -2.30. The number of benzene rings is 3. The van der Waals surface area contributed by atoms with Gasteiger partial charge in [-0.1, -0.05) is 66.7 Å². The van der Waals surface area contributed by atoms with Gasteiger partial charge < -0.3 is 4.74 Å². The monoisotopic (exact) mass is 394 g/mol. The first-order valence-electron chi connectivity index (χ1n) is 9.07. The minimum absolute atomic E-state index is 0.0687. The summed E-state index contributed by atoms with van der Waals surface area (Å²) in [7, 11) is -3.51. The topological polar surface area (TPSA) is 60.4 Å². The molecular formula is C23H22O4S. The van der Waals surface area contributed by atoms with Crippen LogP contribution in [0.2, 0.25) is 0 Å². The van der Waals surface area contributed by atoms with Gasteiger partial charge in [0.25, 0.3) is 0 Å². The summed E-state index contributed by atoms with van der Waals surface area (Å²) in [5.41, 5.74) is 1.39. The third-order valence-electron chi connectivity index (χ3n) is 4.46. The molecule has 28 heavy (non-hydrogen) atoms. The second-order valence-electron chi connectivity index (χ2n) is 6.52. The second kappa shape index (κ2) is 8.85. The molecule has 0 saturated carbocycles. The number of carbonyl (C=O) groups is 1. The number of para-hydroxylation sites is 1. The zero-order valence-corrected chi connectivity index (χ0v) is 16.4. The number of ether oxygens (including phenoxy) is 1. The molecule has 0 spiro atoms. The minimum atomic E-state index is -3.51. The molecule has 0 heterocycles. The first-order valence-corrected chi connectivity index (χ1v) is 10.7. The van der Waals surface area contributed by atoms with E-state index in [1.165, 1.54) is 0 Å². The van der Waals surface area contributed by atoms with Crippen LogP contribution in [0.4, 0.5) is 0 Å². The Morgan fingerprint density at radius 2 is 1.43 bits per heavy atom. The van der Waals surface area contributed by atoms with E-state index in [2.05, 4.69) is 0 Å². The van der Waals surface area contributed by atoms with Gasteiger partial charge in [0.05, 0.1) is 10.6 Å². The largest absolute Gasteiger partial charge is 0.482 e. The van der Waals surface area contributed by atoms with Gasteiger partial charge in [-0.05, 0) is 30.7 Å². The summed E-state index contributed by atoms with van der Waals surface area (Å²) in [5, 5.41) is 0. The predicted molar refractivity (Wildman–Crippen MR) is 109 cm³/mol. The standard InChI is InChI=1S/C23H22O4S/c1-18-10-8-9-15-21(18)27-22(23(24)19-11-4-2-5-12-19)16-17-28(25,26)20-13-6-3-7-14-20/h2-15,22H,16-17H2,1H3/t22-/m1/s1. The Morgan fingerprint density at radius 1 is 0.857 bits per heavy atom. The zero-order chi connectivity index (χ0) is 20.0. The van der Waals surface area contributed by atoms with Gasteiger partial charge in [-0.3, -0.25) is 4.79 Å². The van der Waals surface area contributed by atoms with Crippen LogP contribution in [0.1, 0.15) is 22.3 Å². The van der Waals surface area contributed by atoms with Gasteiger partial charge in [0.2, 0.25) is 5.78 Å². The highest BCUT2D eigenvalue weighted by atomic mass is 32.2. The Kier molecular flexibility index (Phi) is 6.26. The highest BCUT2D eigenvalue weighted by Crippen LogP contribution is 2.22. The van der Waals surface area contributed by atoms with Crippen molar-refractivity contribution in [3.63, 3.8) is 0 Å². The van der Waals surface area contributed by atoms with Crippen molar-refractivity contribution in [2.24, 2.45) is 0 Å². The number of rotatable bonds is 8. The fraction of sp³-hybridized carbons (Fsp3) is 0.174. The summed E-state index contributed by atoms with van der Waals surface area (Å²) in [4.78, 5) is 13.2. The van der Waals surface area contributed by atoms with E-state index in [4.69, 9.17) is 4.74 Å². The molecule has 3 rings (SSSR count). The molecule has 0 N–H and O–H groups in total. The number of hydrogen-bond donors (Lipinski definition) is 0. The van der Waals surface area contributed by atoms with Crippen LogP contribution in [-0.2, 0) is 9.84 Å². The average Bonchev–Trinajstić information content (AvgIpc) is 2.73. The van der Waals surface area contributed by atoms with Crippen molar-refractivity contribution in [2.75, 3.05) is 5.75 Å². The van der Waals surface area contributed by atoms with Crippen LogP contribution >= 0.6 is 0 Å². The highest BCUT2D eigenvalue weighted by molar-refractivity contribution is 7.91. The maximum atomic E-state index is 13.0. The van der Waals surface area contributed by atoms with E-state index >= 15 is 0 Å². The summed E-state index contributed by atoms with van der Waals surface area (Å²) < 4.78 is 31.3. The summed E-state index contributed by atoms with van der Waals surface area (Å²) in [6.45, 7) is 1.89. The first-order chi connectivity index (χ1) is 13.5. The number of ketones is 1. The lowest BCUT2D eigenvalue weighted by molar-refractivity contribution is 0.0787. The van der Waals surface area contributed by atoms with Gasteiger partial charge in [0, 0.05) is 12.0 Å². The molecule has 0 saturated heterocycles. The Bertz CT molecular complexity index is 1030. The van der Waals surface area contributed by atoms with E-state index in [0.717, 1.165) is 5.56 Å². The van der Waals surface area contributed by atoms with Crippen LogP contribution in [0.5, 0.6) is 5.75 Å². The molecule has 0 aliphatic rings. The number of sulfone groups is 1. The molecule has 0 radical (unpaired) electrons. The molecule has 0 aliphatic heterocycles. The Labute approximate surface area is 165 Å². The average molecular weight is 394 g/mol. The van der Waals surface area contributed by atoms with Crippen LogP contribution in [0.25, 0.3) is 0 Å². The van der Waals surface area contributed by atoms with Gasteiger partial charge in [-0.2, -0.15) is 0 Å². The second-order valence-corrected chi connectivity index (χ2v) is 8.63. The molecular weight excluding hydrogens is 372 g/mol. The predicted octanol–water partition coefficient (Wildman–Crippen LogP) is 4.49. The lowest BCUT2D eigenvalue weighted by Gasteiger charge is -2.19. The maximum Gasteiger partial charge on any atom is 0.203 e. The van der Waals surface area contributed by atoms with E-state index in [1.54, 1.807) is 60.7 Å². The number of aryl methyl sites for hydroxylation is 1. The summed E-state index contributed by atoms with van der Waals surface area (Å²) >= 11 is 0. The normalized spacial score (nSPS) is 12.3. The van der Waals surface area contributed by atoms with E-state index in [9.17, 15) is 13.2 Å². The van der Waals surface area contributed by atoms with Crippen molar-refractivity contribution in [3.05, 3.63) is 96.1 Å². The summed E-state index contributed by atoms with van der Waals surface area (Å²) in [6, 6.07) is 24.4. The van der Waals surface area contributed by atoms with Crippen LogP contribution in [-0.4, -0.2) is 26.1 Å². The Hall–Kier alpha value is -2.92. The Morgan fingerprint density at radius 3 is 2.07 bits per heavy atom. The minimum Gasteiger partial charge on any atom is -0.482 e. The summed E-state index contributed by atoms with van der Waals surface area (Å²) in [6.07, 6.45) is -0.818. The molecule has 3 aromatic carbocycles. The third kappa shape index (κ3) is 4.87. The van der Waals surface area contributed by atoms with E-state index in [0.29, 0.717) is 11.3 Å². The quantitative estimate of drug-likeness (QED) is 0.528. The Balaban J connectivity index is 1.84. The lowest BCUT2D eigenvalue weighted by atomic mass is 10.0. The van der Waals surface area contributed by atoms with Crippen LogP contribution in [0, 0.1) is 6.92 Å². The molecule has 0 unspecified atom stereocenters. The van der Waals surface area contributed by atoms with Crippen molar-refractivity contribution >= 4 is 15.6 Å². The van der Waals surface area contributed by atoms with E-state index in [1.807, 2.05) is 31.2 Å². The highest BCUT2D eigenvalue weighted by Gasteiger charge is 2.26. The molecule has 4 nitrogen and oxygen atoms in total. The molecule has 1 atom stereocenters. The molecule has 0 fully saturated rings. The van der Waals surface area contributed by atoms with Gasteiger partial charge in [-0.15, -0.1) is 0 Å². The third-order valence-corrected chi connectivity index (χ3v) is 6.23. The van der Waals surface area contributed by atoms with Crippen molar-refractivity contribution in [1.29, 1.82) is 0 Å². The SMILES string of the molecule is Cc1ccccc1O[C@H](CCS(=O)(=O)c1ccccc1)C(=O)c1ccccc1. The summed E-state index contributed by atoms with van der Waals surface area (Å²) in [5.74, 6) is 0.174. The van der Waals surface area contributed by atoms with Crippen molar-refractivity contribution in [1.82, 2.24) is 0 Å². The van der Waals surface area contributed by atoms with E-state index < -0.39 is 15.9 Å². The van der Waals surface area contributed by atoms with Crippen LogP contribution in [0.15, 0.2) is 89.8 Å². The van der Waals surface area contributed by atoms with Crippen LogP contribution < -0.4 is 4.74 Å². The molecule has 5 heteroatoms. The van der Waals surface area contributed by atoms with Crippen molar-refractivity contribution in [2.45, 2.75) is 24.3 Å². The number of Topliss-reactive ketones (excluding diaryl/α,β-unsaturated/α-hetero) is 1. The smallest absolute Gasteiger partial charge is 0.203 e. The molecule has 0 bridgehead atoms. The van der Waals surface area contributed by atoms with Crippen molar-refractivity contribution < 1.29 is 17.9 Å². The molecule has 3 aromatic rings. The van der Waals surface area contributed by atoms with Gasteiger partial charge in [0.1, 0.15) is 5.75 Å². The zero-order valence-electron chi connectivity index (χ0n) is 15.6. The van der Waals surface area contributed by atoms with E-state index in [-0.39, 0.29) is 22.9 Å².